The zero-order chi connectivity index (χ0) is 12.0. The number of ether oxygens (including phenoxy) is 1. The second-order valence-corrected chi connectivity index (χ2v) is 3.17. The van der Waals surface area contributed by atoms with Crippen molar-refractivity contribution in [2.75, 3.05) is 13.7 Å². The normalized spacial score (nSPS) is 12.1. The molecular formula is C9H13N3O4. The van der Waals surface area contributed by atoms with Crippen LogP contribution in [0.5, 0.6) is 0 Å². The summed E-state index contributed by atoms with van der Waals surface area (Å²) in [6, 6.07) is -0.983. The number of rotatable bonds is 6. The Bertz CT molecular complexity index is 350. The van der Waals surface area contributed by atoms with Crippen LogP contribution in [0.15, 0.2) is 12.5 Å². The summed E-state index contributed by atoms with van der Waals surface area (Å²) in [4.78, 5) is 28.6. The topological polar surface area (TPSA) is 104 Å². The van der Waals surface area contributed by atoms with Crippen molar-refractivity contribution < 1.29 is 19.4 Å². The van der Waals surface area contributed by atoms with E-state index in [4.69, 9.17) is 5.11 Å². The lowest BCUT2D eigenvalue weighted by atomic mass is 10.1. The molecule has 0 aliphatic rings. The zero-order valence-corrected chi connectivity index (χ0v) is 8.77. The molecule has 1 aromatic heterocycles. The Morgan fingerprint density at radius 3 is 2.94 bits per heavy atom. The van der Waals surface area contributed by atoms with Crippen molar-refractivity contribution >= 4 is 11.9 Å². The number of H-pyrrole nitrogens is 1. The summed E-state index contributed by atoms with van der Waals surface area (Å²) in [5, 5.41) is 11.2. The molecule has 7 heteroatoms. The third kappa shape index (κ3) is 3.70. The van der Waals surface area contributed by atoms with Gasteiger partial charge in [0.1, 0.15) is 12.6 Å². The van der Waals surface area contributed by atoms with Gasteiger partial charge in [0.2, 0.25) is 5.91 Å². The average molecular weight is 227 g/mol. The first-order valence-electron chi connectivity index (χ1n) is 4.62. The number of carboxylic acids is 1. The number of aromatic nitrogens is 2. The number of methoxy groups -OCH3 is 1. The zero-order valence-electron chi connectivity index (χ0n) is 8.77. The van der Waals surface area contributed by atoms with Crippen LogP contribution in [0.3, 0.4) is 0 Å². The fraction of sp³-hybridized carbons (Fsp3) is 0.444. The van der Waals surface area contributed by atoms with Crippen LogP contribution < -0.4 is 5.32 Å². The van der Waals surface area contributed by atoms with Crippen molar-refractivity contribution in [3.8, 4) is 0 Å². The van der Waals surface area contributed by atoms with Gasteiger partial charge in [0.25, 0.3) is 0 Å². The molecule has 0 fully saturated rings. The van der Waals surface area contributed by atoms with Crippen molar-refractivity contribution in [3.63, 3.8) is 0 Å². The van der Waals surface area contributed by atoms with Crippen LogP contribution in [0.1, 0.15) is 5.69 Å². The van der Waals surface area contributed by atoms with Crippen LogP contribution in [-0.4, -0.2) is 46.7 Å². The average Bonchev–Trinajstić information content (AvgIpc) is 2.69. The molecule has 3 N–H and O–H groups in total. The lowest BCUT2D eigenvalue weighted by molar-refractivity contribution is -0.142. The van der Waals surface area contributed by atoms with Crippen molar-refractivity contribution in [2.45, 2.75) is 12.5 Å². The molecule has 16 heavy (non-hydrogen) atoms. The van der Waals surface area contributed by atoms with Gasteiger partial charge in [0.15, 0.2) is 0 Å². The molecule has 0 spiro atoms. The minimum atomic E-state index is -1.10. The highest BCUT2D eigenvalue weighted by molar-refractivity contribution is 5.84. The van der Waals surface area contributed by atoms with Gasteiger partial charge in [-0.3, -0.25) is 4.79 Å². The van der Waals surface area contributed by atoms with Gasteiger partial charge in [-0.05, 0) is 0 Å². The molecule has 1 atom stereocenters. The number of nitrogens with one attached hydrogen (secondary N) is 2. The number of hydrogen-bond donors (Lipinski definition) is 3. The number of aliphatic carboxylic acids is 1. The first-order chi connectivity index (χ1) is 7.63. The molecule has 88 valence electrons. The summed E-state index contributed by atoms with van der Waals surface area (Å²) in [7, 11) is 1.37. The predicted octanol–water partition coefficient (Wildman–Crippen LogP) is -0.832. The Morgan fingerprint density at radius 2 is 2.44 bits per heavy atom. The van der Waals surface area contributed by atoms with Gasteiger partial charge >= 0.3 is 5.97 Å². The van der Waals surface area contributed by atoms with E-state index in [0.717, 1.165) is 0 Å². The minimum absolute atomic E-state index is 0.158. The molecule has 7 nitrogen and oxygen atoms in total. The number of carbonyl (C=O) groups is 2. The monoisotopic (exact) mass is 227 g/mol. The smallest absolute Gasteiger partial charge is 0.326 e. The van der Waals surface area contributed by atoms with E-state index in [1.165, 1.54) is 19.6 Å². The first-order valence-corrected chi connectivity index (χ1v) is 4.62. The summed E-state index contributed by atoms with van der Waals surface area (Å²) in [6.45, 7) is -0.160. The maximum absolute atomic E-state index is 11.2. The van der Waals surface area contributed by atoms with Crippen LogP contribution in [0.4, 0.5) is 0 Å². The van der Waals surface area contributed by atoms with Crippen LogP contribution in [0.2, 0.25) is 0 Å². The number of aromatic amines is 1. The van der Waals surface area contributed by atoms with Crippen molar-refractivity contribution in [1.29, 1.82) is 0 Å². The largest absolute Gasteiger partial charge is 0.480 e. The molecule has 1 amide bonds. The van der Waals surface area contributed by atoms with Gasteiger partial charge in [0, 0.05) is 25.4 Å². The van der Waals surface area contributed by atoms with Gasteiger partial charge in [0.05, 0.1) is 6.33 Å². The number of carbonyl (C=O) groups excluding carboxylic acids is 1. The van der Waals surface area contributed by atoms with Crippen LogP contribution in [0.25, 0.3) is 0 Å². The highest BCUT2D eigenvalue weighted by atomic mass is 16.5. The molecular weight excluding hydrogens is 214 g/mol. The highest BCUT2D eigenvalue weighted by Crippen LogP contribution is 1.98. The molecule has 1 aromatic rings. The second-order valence-electron chi connectivity index (χ2n) is 3.17. The molecule has 0 aliphatic carbocycles. The summed E-state index contributed by atoms with van der Waals surface area (Å²) < 4.78 is 4.59. The number of hydrogen-bond acceptors (Lipinski definition) is 4. The minimum Gasteiger partial charge on any atom is -0.480 e. The maximum Gasteiger partial charge on any atom is 0.326 e. The first kappa shape index (κ1) is 12.2. The fourth-order valence-corrected chi connectivity index (χ4v) is 1.18. The van der Waals surface area contributed by atoms with Gasteiger partial charge < -0.3 is 20.1 Å². The van der Waals surface area contributed by atoms with Crippen molar-refractivity contribution in [1.82, 2.24) is 15.3 Å². The Hall–Kier alpha value is -1.89. The number of carboxylic acid groups (broad SMARTS) is 1. The van der Waals surface area contributed by atoms with Crippen LogP contribution in [0, 0.1) is 0 Å². The molecule has 0 aliphatic heterocycles. The summed E-state index contributed by atoms with van der Waals surface area (Å²) >= 11 is 0. The van der Waals surface area contributed by atoms with Crippen LogP contribution in [-0.2, 0) is 20.7 Å². The van der Waals surface area contributed by atoms with E-state index in [2.05, 4.69) is 20.0 Å². The summed E-state index contributed by atoms with van der Waals surface area (Å²) in [5.41, 5.74) is 0.644. The lowest BCUT2D eigenvalue weighted by Crippen LogP contribution is -2.43. The van der Waals surface area contributed by atoms with E-state index >= 15 is 0 Å². The van der Waals surface area contributed by atoms with E-state index in [0.29, 0.717) is 5.69 Å². The number of imidazole rings is 1. The lowest BCUT2D eigenvalue weighted by Gasteiger charge is -2.12. The molecule has 0 saturated heterocycles. The van der Waals surface area contributed by atoms with E-state index in [9.17, 15) is 9.59 Å². The molecule has 0 radical (unpaired) electrons. The number of nitrogens with zero attached hydrogens (tertiary/aromatic N) is 1. The standard InChI is InChI=1S/C9H13N3O4/c1-16-4-8(13)12-7(9(14)15)2-6-3-10-5-11-6/h3,5,7H,2,4H2,1H3,(H,10,11)(H,12,13)(H,14,15)/t7-/m0/s1. The van der Waals surface area contributed by atoms with Gasteiger partial charge in [-0.2, -0.15) is 0 Å². The van der Waals surface area contributed by atoms with E-state index in [1.54, 1.807) is 0 Å². The predicted molar refractivity (Wildman–Crippen MR) is 53.7 cm³/mol. The Morgan fingerprint density at radius 1 is 1.69 bits per heavy atom. The molecule has 1 rings (SSSR count). The third-order valence-electron chi connectivity index (χ3n) is 1.89. The maximum atomic E-state index is 11.2. The Balaban J connectivity index is 2.54. The molecule has 0 unspecified atom stereocenters. The van der Waals surface area contributed by atoms with Crippen molar-refractivity contribution in [3.05, 3.63) is 18.2 Å². The van der Waals surface area contributed by atoms with E-state index < -0.39 is 17.9 Å². The van der Waals surface area contributed by atoms with E-state index in [1.807, 2.05) is 0 Å². The molecule has 0 bridgehead atoms. The van der Waals surface area contributed by atoms with E-state index in [-0.39, 0.29) is 13.0 Å². The highest BCUT2D eigenvalue weighted by Gasteiger charge is 2.20. The second kappa shape index (κ2) is 5.86. The Kier molecular flexibility index (Phi) is 4.46. The molecule has 0 aromatic carbocycles. The molecule has 1 heterocycles. The van der Waals surface area contributed by atoms with Gasteiger partial charge in [-0.25, -0.2) is 9.78 Å². The summed E-state index contributed by atoms with van der Waals surface area (Å²) in [5.74, 6) is -1.56. The van der Waals surface area contributed by atoms with Crippen molar-refractivity contribution in [2.24, 2.45) is 0 Å². The third-order valence-corrected chi connectivity index (χ3v) is 1.89. The molecule has 0 saturated carbocycles. The van der Waals surface area contributed by atoms with Gasteiger partial charge in [-0.15, -0.1) is 0 Å². The van der Waals surface area contributed by atoms with Crippen LogP contribution >= 0.6 is 0 Å². The quantitative estimate of drug-likeness (QED) is 0.588. The summed E-state index contributed by atoms with van der Waals surface area (Å²) in [6.07, 6.45) is 3.12. The Labute approximate surface area is 91.8 Å². The SMILES string of the molecule is COCC(=O)N[C@@H](Cc1cnc[nH]1)C(=O)O. The fourth-order valence-electron chi connectivity index (χ4n) is 1.18. The van der Waals surface area contributed by atoms with Gasteiger partial charge in [-0.1, -0.05) is 0 Å². The number of amides is 1.